The third-order valence-electron chi connectivity index (χ3n) is 7.62. The van der Waals surface area contributed by atoms with Gasteiger partial charge in [0.25, 0.3) is 0 Å². The highest BCUT2D eigenvalue weighted by Crippen LogP contribution is 2.21. The SMILES string of the molecule is CN(CCCCCCN1CCCCC1)CCSSCCN(C)CCCCCCN1CCCCC1.Cl.Cl.Cl.Cl. The van der Waals surface area contributed by atoms with E-state index in [4.69, 9.17) is 0 Å². The molecule has 2 aliphatic heterocycles. The lowest BCUT2D eigenvalue weighted by Crippen LogP contribution is -2.30. The maximum absolute atomic E-state index is 2.68. The van der Waals surface area contributed by atoms with Crippen LogP contribution in [0.25, 0.3) is 0 Å². The quantitative estimate of drug-likeness (QED) is 0.0908. The Hall–Kier alpha value is 1.70. The Labute approximate surface area is 270 Å². The van der Waals surface area contributed by atoms with Gasteiger partial charge in [-0.25, -0.2) is 0 Å². The number of rotatable bonds is 21. The van der Waals surface area contributed by atoms with Crippen molar-refractivity contribution >= 4 is 71.2 Å². The van der Waals surface area contributed by atoms with Crippen molar-refractivity contribution in [1.82, 2.24) is 19.6 Å². The number of nitrogens with zero attached hydrogens (tertiary/aromatic N) is 4. The van der Waals surface area contributed by atoms with Crippen molar-refractivity contribution in [3.05, 3.63) is 0 Å². The number of likely N-dealkylation sites (tertiary alicyclic amines) is 2. The average molecular weight is 661 g/mol. The standard InChI is InChI=1S/C28H58N4S2.4ClH/c1-29(17-9-3-5-11-19-31-21-13-7-14-22-31)25-27-33-34-28-26-30(2)18-10-4-6-12-20-32-23-15-8-16-24-32;;;;/h3-28H2,1-2H3;4*1H. The van der Waals surface area contributed by atoms with Gasteiger partial charge in [-0.15, -0.1) is 49.6 Å². The molecule has 0 atom stereocenters. The Bertz CT molecular complexity index is 421. The second kappa shape index (κ2) is 31.6. The molecule has 38 heavy (non-hydrogen) atoms. The number of halogens is 4. The van der Waals surface area contributed by atoms with Gasteiger partial charge in [-0.05, 0) is 118 Å². The molecule has 2 fully saturated rings. The van der Waals surface area contributed by atoms with E-state index in [0.717, 1.165) is 0 Å². The lowest BCUT2D eigenvalue weighted by molar-refractivity contribution is 0.223. The molecule has 10 heteroatoms. The van der Waals surface area contributed by atoms with Gasteiger partial charge in [0.2, 0.25) is 0 Å². The van der Waals surface area contributed by atoms with E-state index in [1.165, 1.54) is 167 Å². The lowest BCUT2D eigenvalue weighted by atomic mass is 10.1. The summed E-state index contributed by atoms with van der Waals surface area (Å²) in [5.74, 6) is 2.52. The fourth-order valence-electron chi connectivity index (χ4n) is 5.24. The molecule has 0 aromatic carbocycles. The maximum atomic E-state index is 2.68. The van der Waals surface area contributed by atoms with Crippen molar-refractivity contribution in [3.8, 4) is 0 Å². The molecule has 4 nitrogen and oxygen atoms in total. The molecule has 2 aliphatic rings. The van der Waals surface area contributed by atoms with E-state index in [2.05, 4.69) is 55.3 Å². The smallest absolute Gasteiger partial charge is 0.0165 e. The summed E-state index contributed by atoms with van der Waals surface area (Å²) < 4.78 is 0. The van der Waals surface area contributed by atoms with Crippen LogP contribution in [0.4, 0.5) is 0 Å². The Morgan fingerprint density at radius 1 is 0.447 bits per heavy atom. The first kappa shape index (κ1) is 44.1. The van der Waals surface area contributed by atoms with Crippen molar-refractivity contribution in [2.45, 2.75) is 89.9 Å². The summed E-state index contributed by atoms with van der Waals surface area (Å²) in [6.45, 7) is 13.1. The molecule has 0 saturated carbocycles. The molecule has 0 amide bonds. The van der Waals surface area contributed by atoms with E-state index in [0.29, 0.717) is 0 Å². The van der Waals surface area contributed by atoms with E-state index < -0.39 is 0 Å². The predicted octanol–water partition coefficient (Wildman–Crippen LogP) is 8.01. The number of hydrogen-bond acceptors (Lipinski definition) is 6. The molecule has 0 N–H and O–H groups in total. The van der Waals surface area contributed by atoms with Gasteiger partial charge in [-0.2, -0.15) is 0 Å². The monoisotopic (exact) mass is 658 g/mol. The Kier molecular flexibility index (Phi) is 36.7. The zero-order valence-electron chi connectivity index (χ0n) is 24.6. The minimum absolute atomic E-state index is 0. The predicted molar refractivity (Wildman–Crippen MR) is 186 cm³/mol. The summed E-state index contributed by atoms with van der Waals surface area (Å²) in [5, 5.41) is 0. The zero-order chi connectivity index (χ0) is 24.1. The van der Waals surface area contributed by atoms with Gasteiger partial charge in [0.05, 0.1) is 0 Å². The molecule has 0 bridgehead atoms. The second-order valence-electron chi connectivity index (χ2n) is 10.9. The highest BCUT2D eigenvalue weighted by atomic mass is 35.5. The van der Waals surface area contributed by atoms with Gasteiger partial charge in [-0.1, -0.05) is 60.1 Å². The number of hydrogen-bond donors (Lipinski definition) is 0. The Balaban J connectivity index is -0.00000306. The molecule has 0 unspecified atom stereocenters. The third-order valence-corrected chi connectivity index (χ3v) is 9.99. The van der Waals surface area contributed by atoms with Gasteiger partial charge >= 0.3 is 0 Å². The van der Waals surface area contributed by atoms with Gasteiger partial charge in [0, 0.05) is 24.6 Å². The summed E-state index contributed by atoms with van der Waals surface area (Å²) in [6.07, 6.45) is 19.8. The molecule has 2 heterocycles. The Morgan fingerprint density at radius 2 is 0.789 bits per heavy atom. The van der Waals surface area contributed by atoms with Crippen LogP contribution in [0.15, 0.2) is 0 Å². The maximum Gasteiger partial charge on any atom is 0.0165 e. The van der Waals surface area contributed by atoms with Gasteiger partial charge in [0.15, 0.2) is 0 Å². The van der Waals surface area contributed by atoms with Crippen LogP contribution in [0.1, 0.15) is 89.9 Å². The van der Waals surface area contributed by atoms with Crippen LogP contribution >= 0.6 is 71.2 Å². The molecule has 2 rings (SSSR count). The highest BCUT2D eigenvalue weighted by Gasteiger charge is 2.10. The summed E-state index contributed by atoms with van der Waals surface area (Å²) in [7, 11) is 8.76. The molecule has 0 radical (unpaired) electrons. The van der Waals surface area contributed by atoms with Crippen LogP contribution in [0.5, 0.6) is 0 Å². The van der Waals surface area contributed by atoms with Crippen molar-refractivity contribution in [3.63, 3.8) is 0 Å². The largest absolute Gasteiger partial charge is 0.306 e. The third kappa shape index (κ3) is 25.4. The summed E-state index contributed by atoms with van der Waals surface area (Å²) >= 11 is 0. The highest BCUT2D eigenvalue weighted by molar-refractivity contribution is 8.76. The first-order valence-electron chi connectivity index (χ1n) is 14.8. The van der Waals surface area contributed by atoms with Crippen LogP contribution in [0.2, 0.25) is 0 Å². The number of unbranched alkanes of at least 4 members (excludes halogenated alkanes) is 6. The fourth-order valence-corrected chi connectivity index (χ4v) is 7.40. The molecular formula is C28H62Cl4N4S2. The van der Waals surface area contributed by atoms with E-state index in [1.807, 2.05) is 0 Å². The van der Waals surface area contributed by atoms with E-state index in [-0.39, 0.29) is 49.6 Å². The van der Waals surface area contributed by atoms with Gasteiger partial charge < -0.3 is 19.6 Å². The van der Waals surface area contributed by atoms with Crippen LogP contribution in [-0.2, 0) is 0 Å². The van der Waals surface area contributed by atoms with Crippen molar-refractivity contribution in [1.29, 1.82) is 0 Å². The normalized spacial score (nSPS) is 16.4. The van der Waals surface area contributed by atoms with Crippen LogP contribution in [0, 0.1) is 0 Å². The van der Waals surface area contributed by atoms with Crippen LogP contribution in [-0.4, -0.2) is 111 Å². The Morgan fingerprint density at radius 3 is 1.16 bits per heavy atom. The minimum atomic E-state index is 0. The molecule has 0 aromatic heterocycles. The average Bonchev–Trinajstić information content (AvgIpc) is 2.86. The van der Waals surface area contributed by atoms with Crippen LogP contribution < -0.4 is 0 Å². The molecule has 0 spiro atoms. The summed E-state index contributed by atoms with van der Waals surface area (Å²) in [6, 6.07) is 0. The first-order valence-corrected chi connectivity index (χ1v) is 17.3. The molecule has 0 aliphatic carbocycles. The van der Waals surface area contributed by atoms with Crippen molar-refractivity contribution in [2.24, 2.45) is 0 Å². The van der Waals surface area contributed by atoms with E-state index in [9.17, 15) is 0 Å². The zero-order valence-corrected chi connectivity index (χ0v) is 29.5. The summed E-state index contributed by atoms with van der Waals surface area (Å²) in [4.78, 5) is 10.4. The molecule has 234 valence electrons. The first-order chi connectivity index (χ1) is 16.7. The van der Waals surface area contributed by atoms with Crippen LogP contribution in [0.3, 0.4) is 0 Å². The minimum Gasteiger partial charge on any atom is -0.306 e. The molecule has 0 aromatic rings. The number of piperidine rings is 2. The molecular weight excluding hydrogens is 598 g/mol. The molecule has 2 saturated heterocycles. The van der Waals surface area contributed by atoms with Crippen molar-refractivity contribution < 1.29 is 0 Å². The topological polar surface area (TPSA) is 13.0 Å². The van der Waals surface area contributed by atoms with Gasteiger partial charge in [0.1, 0.15) is 0 Å². The fraction of sp³-hybridized carbons (Fsp3) is 1.00. The second-order valence-corrected chi connectivity index (χ2v) is 13.6. The van der Waals surface area contributed by atoms with Crippen molar-refractivity contribution in [2.75, 3.05) is 91.0 Å². The summed E-state index contributed by atoms with van der Waals surface area (Å²) in [5.41, 5.74) is 0. The van der Waals surface area contributed by atoms with Gasteiger partial charge in [-0.3, -0.25) is 0 Å². The van der Waals surface area contributed by atoms with E-state index >= 15 is 0 Å². The lowest BCUT2D eigenvalue weighted by Gasteiger charge is -2.26. The van der Waals surface area contributed by atoms with E-state index in [1.54, 1.807) is 0 Å².